The summed E-state index contributed by atoms with van der Waals surface area (Å²) >= 11 is 0. The second kappa shape index (κ2) is 6.71. The monoisotopic (exact) mass is 263 g/mol. The molecule has 102 valence electrons. The molecule has 0 aliphatic carbocycles. The quantitative estimate of drug-likeness (QED) is 0.627. The van der Waals surface area contributed by atoms with Crippen molar-refractivity contribution in [1.29, 1.82) is 5.26 Å². The first-order chi connectivity index (χ1) is 8.99. The van der Waals surface area contributed by atoms with Gasteiger partial charge in [0.2, 0.25) is 0 Å². The number of benzene rings is 1. The van der Waals surface area contributed by atoms with E-state index < -0.39 is 11.0 Å². The van der Waals surface area contributed by atoms with Crippen molar-refractivity contribution in [2.24, 2.45) is 0 Å². The van der Waals surface area contributed by atoms with E-state index in [9.17, 15) is 10.1 Å². The van der Waals surface area contributed by atoms with Gasteiger partial charge in [-0.15, -0.1) is 0 Å². The van der Waals surface area contributed by atoms with Gasteiger partial charge in [0.05, 0.1) is 11.0 Å². The second-order valence-electron chi connectivity index (χ2n) is 4.24. The van der Waals surface area contributed by atoms with Crippen LogP contribution in [0.3, 0.4) is 0 Å². The zero-order valence-electron chi connectivity index (χ0n) is 11.3. The standard InChI is InChI=1S/C13H17N3O3/c1-4-15-11(7-14)8-19-13-10(3)5-9(2)6-12(13)16(17)18/h5-6,11,15H,4,8H2,1-3H3. The van der Waals surface area contributed by atoms with Gasteiger partial charge in [-0.1, -0.05) is 13.0 Å². The van der Waals surface area contributed by atoms with E-state index >= 15 is 0 Å². The van der Waals surface area contributed by atoms with Crippen molar-refractivity contribution in [3.63, 3.8) is 0 Å². The fraction of sp³-hybridized carbons (Fsp3) is 0.462. The molecule has 1 aromatic rings. The highest BCUT2D eigenvalue weighted by atomic mass is 16.6. The largest absolute Gasteiger partial charge is 0.484 e. The van der Waals surface area contributed by atoms with Gasteiger partial charge in [-0.2, -0.15) is 5.26 Å². The van der Waals surface area contributed by atoms with Gasteiger partial charge in [0.1, 0.15) is 12.6 Å². The minimum atomic E-state index is -0.481. The number of hydrogen-bond donors (Lipinski definition) is 1. The van der Waals surface area contributed by atoms with Crippen LogP contribution in [-0.4, -0.2) is 24.1 Å². The van der Waals surface area contributed by atoms with Gasteiger partial charge in [0.15, 0.2) is 5.75 Å². The Morgan fingerprint density at radius 3 is 2.74 bits per heavy atom. The molecule has 0 spiro atoms. The molecule has 1 rings (SSSR count). The summed E-state index contributed by atoms with van der Waals surface area (Å²) < 4.78 is 5.46. The topological polar surface area (TPSA) is 88.2 Å². The molecule has 6 nitrogen and oxygen atoms in total. The smallest absolute Gasteiger partial charge is 0.311 e. The van der Waals surface area contributed by atoms with Crippen LogP contribution in [0.5, 0.6) is 5.75 Å². The lowest BCUT2D eigenvalue weighted by Crippen LogP contribution is -2.33. The third kappa shape index (κ3) is 3.93. The zero-order chi connectivity index (χ0) is 14.4. The van der Waals surface area contributed by atoms with E-state index in [4.69, 9.17) is 10.00 Å². The highest BCUT2D eigenvalue weighted by molar-refractivity contribution is 5.53. The Bertz CT molecular complexity index is 509. The van der Waals surface area contributed by atoms with Gasteiger partial charge in [-0.3, -0.25) is 15.4 Å². The lowest BCUT2D eigenvalue weighted by molar-refractivity contribution is -0.386. The summed E-state index contributed by atoms with van der Waals surface area (Å²) in [7, 11) is 0. The number of nitro groups is 1. The molecule has 1 aromatic carbocycles. The fourth-order valence-corrected chi connectivity index (χ4v) is 1.81. The Morgan fingerprint density at radius 1 is 1.53 bits per heavy atom. The highest BCUT2D eigenvalue weighted by Crippen LogP contribution is 2.32. The Morgan fingerprint density at radius 2 is 2.21 bits per heavy atom. The number of likely N-dealkylation sites (N-methyl/N-ethyl adjacent to an activating group) is 1. The molecule has 0 aromatic heterocycles. The molecule has 0 fully saturated rings. The molecule has 0 bridgehead atoms. The number of hydrogen-bond acceptors (Lipinski definition) is 5. The number of nitrogens with zero attached hydrogens (tertiary/aromatic N) is 2. The summed E-state index contributed by atoms with van der Waals surface area (Å²) in [6.45, 7) is 6.14. The number of rotatable bonds is 6. The minimum Gasteiger partial charge on any atom is -0.484 e. The maximum Gasteiger partial charge on any atom is 0.311 e. The Hall–Kier alpha value is -2.13. The molecule has 0 heterocycles. The number of ether oxygens (including phenoxy) is 1. The summed E-state index contributed by atoms with van der Waals surface area (Å²) in [4.78, 5) is 10.5. The minimum absolute atomic E-state index is 0.0642. The number of nitriles is 1. The molecule has 0 amide bonds. The van der Waals surface area contributed by atoms with E-state index in [1.165, 1.54) is 6.07 Å². The van der Waals surface area contributed by atoms with E-state index in [1.807, 2.05) is 19.1 Å². The highest BCUT2D eigenvalue weighted by Gasteiger charge is 2.19. The lowest BCUT2D eigenvalue weighted by atomic mass is 10.1. The van der Waals surface area contributed by atoms with E-state index in [0.29, 0.717) is 12.1 Å². The van der Waals surface area contributed by atoms with Gasteiger partial charge >= 0.3 is 5.69 Å². The second-order valence-corrected chi connectivity index (χ2v) is 4.24. The maximum absolute atomic E-state index is 11.0. The van der Waals surface area contributed by atoms with Gasteiger partial charge in [0.25, 0.3) is 0 Å². The van der Waals surface area contributed by atoms with Crippen LogP contribution in [0.4, 0.5) is 5.69 Å². The average molecular weight is 263 g/mol. The van der Waals surface area contributed by atoms with Gasteiger partial charge in [-0.05, 0) is 31.5 Å². The molecule has 0 aliphatic heterocycles. The predicted octanol–water partition coefficient (Wildman–Crippen LogP) is 2.09. The summed E-state index contributed by atoms with van der Waals surface area (Å²) in [6, 6.07) is 4.85. The van der Waals surface area contributed by atoms with E-state index in [0.717, 1.165) is 5.56 Å². The van der Waals surface area contributed by atoms with Gasteiger partial charge in [0, 0.05) is 6.07 Å². The van der Waals surface area contributed by atoms with Crippen LogP contribution >= 0.6 is 0 Å². The van der Waals surface area contributed by atoms with Gasteiger partial charge in [-0.25, -0.2) is 0 Å². The third-order valence-corrected chi connectivity index (χ3v) is 2.60. The van der Waals surface area contributed by atoms with Crippen LogP contribution in [-0.2, 0) is 0 Å². The Balaban J connectivity index is 2.94. The zero-order valence-corrected chi connectivity index (χ0v) is 11.3. The van der Waals surface area contributed by atoms with Crippen LogP contribution in [0, 0.1) is 35.3 Å². The van der Waals surface area contributed by atoms with E-state index in [1.54, 1.807) is 13.8 Å². The number of aryl methyl sites for hydroxylation is 2. The molecule has 6 heteroatoms. The molecular weight excluding hydrogens is 246 g/mol. The first kappa shape index (κ1) is 14.9. The molecule has 1 unspecified atom stereocenters. The van der Waals surface area contributed by atoms with Crippen LogP contribution < -0.4 is 10.1 Å². The van der Waals surface area contributed by atoms with E-state index in [2.05, 4.69) is 5.32 Å². The molecular formula is C13H17N3O3. The third-order valence-electron chi connectivity index (χ3n) is 2.60. The number of nitro benzene ring substituents is 1. The molecule has 0 aliphatic rings. The van der Waals surface area contributed by atoms with Crippen molar-refractivity contribution in [3.05, 3.63) is 33.4 Å². The summed E-state index contributed by atoms with van der Waals surface area (Å²) in [5.74, 6) is 0.230. The summed E-state index contributed by atoms with van der Waals surface area (Å²) in [6.07, 6.45) is 0. The fourth-order valence-electron chi connectivity index (χ4n) is 1.81. The van der Waals surface area contributed by atoms with Crippen molar-refractivity contribution in [1.82, 2.24) is 5.32 Å². The van der Waals surface area contributed by atoms with Crippen LogP contribution in [0.15, 0.2) is 12.1 Å². The van der Waals surface area contributed by atoms with Crippen LogP contribution in [0.25, 0.3) is 0 Å². The van der Waals surface area contributed by atoms with Gasteiger partial charge < -0.3 is 4.74 Å². The molecule has 0 saturated heterocycles. The Kier molecular flexibility index (Phi) is 5.27. The molecule has 19 heavy (non-hydrogen) atoms. The first-order valence-corrected chi connectivity index (χ1v) is 6.01. The lowest BCUT2D eigenvalue weighted by Gasteiger charge is -2.13. The molecule has 0 saturated carbocycles. The van der Waals surface area contributed by atoms with Crippen molar-refractivity contribution in [2.45, 2.75) is 26.8 Å². The Labute approximate surface area is 112 Å². The maximum atomic E-state index is 11.0. The van der Waals surface area contributed by atoms with E-state index in [-0.39, 0.29) is 18.0 Å². The molecule has 1 atom stereocenters. The van der Waals surface area contributed by atoms with Crippen molar-refractivity contribution < 1.29 is 9.66 Å². The van der Waals surface area contributed by atoms with Crippen molar-refractivity contribution in [3.8, 4) is 11.8 Å². The average Bonchev–Trinajstić information content (AvgIpc) is 2.35. The first-order valence-electron chi connectivity index (χ1n) is 6.01. The van der Waals surface area contributed by atoms with Crippen molar-refractivity contribution in [2.75, 3.05) is 13.2 Å². The normalized spacial score (nSPS) is 11.7. The summed E-state index contributed by atoms with van der Waals surface area (Å²) in [5.41, 5.74) is 1.44. The summed E-state index contributed by atoms with van der Waals surface area (Å²) in [5, 5.41) is 22.8. The molecule has 0 radical (unpaired) electrons. The SMILES string of the molecule is CCNC(C#N)COc1c(C)cc(C)cc1[N+](=O)[O-]. The van der Waals surface area contributed by atoms with Crippen LogP contribution in [0.2, 0.25) is 0 Å². The van der Waals surface area contributed by atoms with Crippen molar-refractivity contribution >= 4 is 5.69 Å². The predicted molar refractivity (Wildman–Crippen MR) is 71.1 cm³/mol. The molecule has 1 N–H and O–H groups in total. The van der Waals surface area contributed by atoms with Crippen LogP contribution in [0.1, 0.15) is 18.1 Å². The number of nitrogens with one attached hydrogen (secondary N) is 1.